The Morgan fingerprint density at radius 1 is 1.36 bits per heavy atom. The molecule has 0 radical (unpaired) electrons. The number of hydrogen-bond donors (Lipinski definition) is 3. The smallest absolute Gasteiger partial charge is 0.252 e. The summed E-state index contributed by atoms with van der Waals surface area (Å²) in [6, 6.07) is 4.81. The molecule has 1 saturated carbocycles. The van der Waals surface area contributed by atoms with E-state index in [-0.39, 0.29) is 23.8 Å². The molecule has 7 heteroatoms. The van der Waals surface area contributed by atoms with Crippen molar-refractivity contribution in [2.75, 3.05) is 19.0 Å². The van der Waals surface area contributed by atoms with E-state index < -0.39 is 11.0 Å². The molecule has 0 spiro atoms. The van der Waals surface area contributed by atoms with E-state index in [0.717, 1.165) is 19.4 Å². The molecule has 1 aliphatic heterocycles. The average molecular weight is 366 g/mol. The highest BCUT2D eigenvalue weighted by Gasteiger charge is 2.70. The summed E-state index contributed by atoms with van der Waals surface area (Å²) >= 11 is 6.06. The van der Waals surface area contributed by atoms with Crippen LogP contribution >= 0.6 is 11.6 Å². The van der Waals surface area contributed by atoms with Gasteiger partial charge in [-0.05, 0) is 31.0 Å². The Balaban J connectivity index is 1.84. The topological polar surface area (TPSA) is 93.5 Å². The van der Waals surface area contributed by atoms with Crippen LogP contribution in [0.25, 0.3) is 0 Å². The highest BCUT2D eigenvalue weighted by Crippen LogP contribution is 2.57. The summed E-state index contributed by atoms with van der Waals surface area (Å²) in [5, 5.41) is 5.71. The molecule has 1 aromatic carbocycles. The van der Waals surface area contributed by atoms with Crippen molar-refractivity contribution in [1.82, 2.24) is 5.32 Å². The molecular formula is C18H24ClN3O3. The number of anilines is 1. The van der Waals surface area contributed by atoms with E-state index >= 15 is 0 Å². The van der Waals surface area contributed by atoms with Gasteiger partial charge >= 0.3 is 0 Å². The fraction of sp³-hybridized carbons (Fsp3) is 0.556. The van der Waals surface area contributed by atoms with Crippen molar-refractivity contribution in [2.24, 2.45) is 17.1 Å². The van der Waals surface area contributed by atoms with Crippen LogP contribution in [-0.2, 0) is 9.53 Å². The van der Waals surface area contributed by atoms with E-state index in [1.54, 1.807) is 18.2 Å². The SMILES string of the molecule is CNC(=O)c1cc(NC(=O)C2(N)C3CCCOC3C2(C)C)ccc1Cl. The van der Waals surface area contributed by atoms with Crippen LogP contribution in [0.1, 0.15) is 37.0 Å². The Kier molecular flexibility index (Phi) is 4.56. The zero-order valence-corrected chi connectivity index (χ0v) is 15.4. The lowest BCUT2D eigenvalue weighted by Gasteiger charge is -2.65. The summed E-state index contributed by atoms with van der Waals surface area (Å²) in [6.45, 7) is 4.66. The molecule has 2 aliphatic rings. The predicted molar refractivity (Wildman–Crippen MR) is 96.6 cm³/mol. The monoisotopic (exact) mass is 365 g/mol. The molecule has 6 nitrogen and oxygen atoms in total. The zero-order chi connectivity index (χ0) is 18.4. The van der Waals surface area contributed by atoms with Crippen LogP contribution in [0.5, 0.6) is 0 Å². The lowest BCUT2D eigenvalue weighted by Crippen LogP contribution is -2.81. The molecule has 1 aromatic rings. The summed E-state index contributed by atoms with van der Waals surface area (Å²) in [4.78, 5) is 24.9. The van der Waals surface area contributed by atoms with Gasteiger partial charge in [-0.15, -0.1) is 0 Å². The van der Waals surface area contributed by atoms with Crippen molar-refractivity contribution < 1.29 is 14.3 Å². The third-order valence-electron chi connectivity index (χ3n) is 5.76. The first kappa shape index (κ1) is 18.2. The van der Waals surface area contributed by atoms with Gasteiger partial charge in [0.05, 0.1) is 16.7 Å². The van der Waals surface area contributed by atoms with Crippen LogP contribution in [0, 0.1) is 11.3 Å². The van der Waals surface area contributed by atoms with E-state index in [1.165, 1.54) is 7.05 Å². The third kappa shape index (κ3) is 2.63. The van der Waals surface area contributed by atoms with Crippen molar-refractivity contribution in [1.29, 1.82) is 0 Å². The quantitative estimate of drug-likeness (QED) is 0.765. The number of ether oxygens (including phenoxy) is 1. The largest absolute Gasteiger partial charge is 0.377 e. The molecule has 136 valence electrons. The van der Waals surface area contributed by atoms with Crippen molar-refractivity contribution in [3.63, 3.8) is 0 Å². The van der Waals surface area contributed by atoms with Gasteiger partial charge in [0.15, 0.2) is 0 Å². The number of nitrogens with one attached hydrogen (secondary N) is 2. The lowest BCUT2D eigenvalue weighted by atomic mass is 9.46. The summed E-state index contributed by atoms with van der Waals surface area (Å²) in [5.41, 5.74) is 5.91. The zero-order valence-electron chi connectivity index (χ0n) is 14.7. The molecule has 1 saturated heterocycles. The number of nitrogens with two attached hydrogens (primary N) is 1. The van der Waals surface area contributed by atoms with Gasteiger partial charge in [-0.2, -0.15) is 0 Å². The molecule has 2 amide bonds. The van der Waals surface area contributed by atoms with Crippen LogP contribution in [0.3, 0.4) is 0 Å². The molecule has 3 unspecified atom stereocenters. The highest BCUT2D eigenvalue weighted by atomic mass is 35.5. The number of halogens is 1. The van der Waals surface area contributed by atoms with E-state index in [1.807, 2.05) is 13.8 Å². The molecule has 3 rings (SSSR count). The van der Waals surface area contributed by atoms with E-state index in [9.17, 15) is 9.59 Å². The normalized spacial score (nSPS) is 30.0. The lowest BCUT2D eigenvalue weighted by molar-refractivity contribution is -0.222. The fourth-order valence-electron chi connectivity index (χ4n) is 4.18. The first-order chi connectivity index (χ1) is 11.7. The highest BCUT2D eigenvalue weighted by molar-refractivity contribution is 6.34. The second-order valence-electron chi connectivity index (χ2n) is 7.36. The van der Waals surface area contributed by atoms with Gasteiger partial charge in [0.1, 0.15) is 5.54 Å². The van der Waals surface area contributed by atoms with Crippen LogP contribution < -0.4 is 16.4 Å². The maximum Gasteiger partial charge on any atom is 0.252 e. The Labute approximate surface area is 152 Å². The van der Waals surface area contributed by atoms with Crippen molar-refractivity contribution >= 4 is 29.1 Å². The molecule has 0 bridgehead atoms. The van der Waals surface area contributed by atoms with Crippen LogP contribution in [0.4, 0.5) is 5.69 Å². The predicted octanol–water partition coefficient (Wildman–Crippen LogP) is 2.17. The Hall–Kier alpha value is -1.63. The summed E-state index contributed by atoms with van der Waals surface area (Å²) in [6.07, 6.45) is 1.79. The van der Waals surface area contributed by atoms with Crippen LogP contribution in [0.2, 0.25) is 5.02 Å². The van der Waals surface area contributed by atoms with E-state index in [0.29, 0.717) is 16.3 Å². The first-order valence-corrected chi connectivity index (χ1v) is 8.85. The standard InChI is InChI=1S/C18H24ClN3O3/c1-17(2)14-12(5-4-8-25-14)18(17,20)16(24)22-10-6-7-13(19)11(9-10)15(23)21-3/h6-7,9,12,14H,4-5,8,20H2,1-3H3,(H,21,23)(H,22,24). The van der Waals surface area contributed by atoms with Gasteiger partial charge in [-0.25, -0.2) is 0 Å². The number of hydrogen-bond acceptors (Lipinski definition) is 4. The number of amides is 2. The van der Waals surface area contributed by atoms with Gasteiger partial charge in [0.25, 0.3) is 5.91 Å². The molecular weight excluding hydrogens is 342 g/mol. The Bertz CT molecular complexity index is 722. The average Bonchev–Trinajstić information content (AvgIpc) is 2.61. The van der Waals surface area contributed by atoms with Gasteiger partial charge in [0.2, 0.25) is 5.91 Å². The van der Waals surface area contributed by atoms with Gasteiger partial charge < -0.3 is 21.1 Å². The maximum absolute atomic E-state index is 13.0. The second kappa shape index (κ2) is 6.27. The number of benzene rings is 1. The molecule has 0 aromatic heterocycles. The summed E-state index contributed by atoms with van der Waals surface area (Å²) in [5.74, 6) is -0.565. The van der Waals surface area contributed by atoms with Gasteiger partial charge in [-0.3, -0.25) is 9.59 Å². The number of rotatable bonds is 3. The third-order valence-corrected chi connectivity index (χ3v) is 6.09. The molecule has 3 atom stereocenters. The molecule has 2 fully saturated rings. The first-order valence-electron chi connectivity index (χ1n) is 8.47. The minimum absolute atomic E-state index is 0.00182. The molecule has 1 aliphatic carbocycles. The number of carbonyl (C=O) groups excluding carboxylic acids is 2. The van der Waals surface area contributed by atoms with E-state index in [4.69, 9.17) is 22.1 Å². The van der Waals surface area contributed by atoms with Crippen LogP contribution in [0.15, 0.2) is 18.2 Å². The maximum atomic E-state index is 13.0. The minimum Gasteiger partial charge on any atom is -0.377 e. The summed E-state index contributed by atoms with van der Waals surface area (Å²) < 4.78 is 5.84. The van der Waals surface area contributed by atoms with Crippen LogP contribution in [-0.4, -0.2) is 37.1 Å². The van der Waals surface area contributed by atoms with E-state index in [2.05, 4.69) is 10.6 Å². The van der Waals surface area contributed by atoms with Crippen molar-refractivity contribution in [3.8, 4) is 0 Å². The van der Waals surface area contributed by atoms with Gasteiger partial charge in [0, 0.05) is 30.7 Å². The molecule has 4 N–H and O–H groups in total. The van der Waals surface area contributed by atoms with Crippen molar-refractivity contribution in [2.45, 2.75) is 38.3 Å². The molecule has 25 heavy (non-hydrogen) atoms. The summed E-state index contributed by atoms with van der Waals surface area (Å²) in [7, 11) is 1.53. The Morgan fingerprint density at radius 3 is 2.76 bits per heavy atom. The Morgan fingerprint density at radius 2 is 2.08 bits per heavy atom. The van der Waals surface area contributed by atoms with Gasteiger partial charge in [-0.1, -0.05) is 25.4 Å². The number of carbonyl (C=O) groups is 2. The second-order valence-corrected chi connectivity index (χ2v) is 7.77. The van der Waals surface area contributed by atoms with Crippen molar-refractivity contribution in [3.05, 3.63) is 28.8 Å². The molecule has 1 heterocycles. The fourth-order valence-corrected chi connectivity index (χ4v) is 4.39. The number of fused-ring (bicyclic) bond motifs is 1. The minimum atomic E-state index is -1.01.